The lowest BCUT2D eigenvalue weighted by Crippen LogP contribution is -2.45. The molecular weight excluding hydrogens is 333 g/mol. The average Bonchev–Trinajstić information content (AvgIpc) is 2.96. The molecule has 4 heterocycles. The highest BCUT2D eigenvalue weighted by Crippen LogP contribution is 2.38. The van der Waals surface area contributed by atoms with Gasteiger partial charge in [0.05, 0.1) is 11.3 Å². The van der Waals surface area contributed by atoms with Crippen molar-refractivity contribution in [1.82, 2.24) is 25.5 Å². The first-order chi connectivity index (χ1) is 12.0. The lowest BCUT2D eigenvalue weighted by molar-refractivity contribution is -0.137. The number of rotatable bonds is 4. The second-order valence-electron chi connectivity index (χ2n) is 5.97. The standard InChI is InChI=1S/C16H15F3N6/c17-16(18,19)11-3-4-12(22-8-9-6-20-7-9)23-14(11)13-10-2-1-5-21-15(10)25-24-13/h1-5,9,20H,6-8H2,(H,22,23)(H,21,24,25). The molecule has 6 nitrogen and oxygen atoms in total. The lowest BCUT2D eigenvalue weighted by Gasteiger charge is -2.27. The molecule has 9 heteroatoms. The van der Waals surface area contributed by atoms with E-state index in [9.17, 15) is 13.2 Å². The highest BCUT2D eigenvalue weighted by atomic mass is 19.4. The lowest BCUT2D eigenvalue weighted by atomic mass is 10.0. The summed E-state index contributed by atoms with van der Waals surface area (Å²) in [5.41, 5.74) is -0.423. The van der Waals surface area contributed by atoms with E-state index in [4.69, 9.17) is 0 Å². The molecule has 0 atom stereocenters. The normalized spacial score (nSPS) is 15.3. The van der Waals surface area contributed by atoms with Crippen LogP contribution in [0.2, 0.25) is 0 Å². The van der Waals surface area contributed by atoms with Gasteiger partial charge in [0.1, 0.15) is 11.5 Å². The van der Waals surface area contributed by atoms with Gasteiger partial charge in [-0.25, -0.2) is 9.97 Å². The van der Waals surface area contributed by atoms with Crippen molar-refractivity contribution in [3.8, 4) is 11.4 Å². The molecule has 4 rings (SSSR count). The summed E-state index contributed by atoms with van der Waals surface area (Å²) in [6, 6.07) is 5.73. The van der Waals surface area contributed by atoms with E-state index >= 15 is 0 Å². The summed E-state index contributed by atoms with van der Waals surface area (Å²) in [6.45, 7) is 2.46. The molecule has 25 heavy (non-hydrogen) atoms. The molecule has 0 radical (unpaired) electrons. The molecule has 3 aromatic heterocycles. The van der Waals surface area contributed by atoms with E-state index in [1.54, 1.807) is 12.1 Å². The molecular formula is C16H15F3N6. The van der Waals surface area contributed by atoms with Gasteiger partial charge < -0.3 is 10.6 Å². The van der Waals surface area contributed by atoms with E-state index in [0.717, 1.165) is 19.2 Å². The molecule has 0 aromatic carbocycles. The number of nitrogens with one attached hydrogen (secondary N) is 3. The Morgan fingerprint density at radius 3 is 2.76 bits per heavy atom. The minimum absolute atomic E-state index is 0.181. The van der Waals surface area contributed by atoms with Gasteiger partial charge in [-0.1, -0.05) is 0 Å². The molecule has 130 valence electrons. The summed E-state index contributed by atoms with van der Waals surface area (Å²) in [5.74, 6) is 0.867. The van der Waals surface area contributed by atoms with Crippen LogP contribution in [0.3, 0.4) is 0 Å². The summed E-state index contributed by atoms with van der Waals surface area (Å²) in [7, 11) is 0. The molecule has 0 saturated carbocycles. The Morgan fingerprint density at radius 1 is 1.20 bits per heavy atom. The highest BCUT2D eigenvalue weighted by molar-refractivity contribution is 5.90. The number of H-pyrrole nitrogens is 1. The van der Waals surface area contributed by atoms with E-state index in [2.05, 4.69) is 30.8 Å². The number of hydrogen-bond donors (Lipinski definition) is 3. The smallest absolute Gasteiger partial charge is 0.370 e. The third kappa shape index (κ3) is 3.02. The fraction of sp³-hybridized carbons (Fsp3) is 0.312. The zero-order valence-corrected chi connectivity index (χ0v) is 13.1. The van der Waals surface area contributed by atoms with Gasteiger partial charge in [-0.2, -0.15) is 18.3 Å². The van der Waals surface area contributed by atoms with Crippen LogP contribution >= 0.6 is 0 Å². The summed E-state index contributed by atoms with van der Waals surface area (Å²) >= 11 is 0. The van der Waals surface area contributed by atoms with Crippen LogP contribution in [-0.4, -0.2) is 39.8 Å². The van der Waals surface area contributed by atoms with Crippen molar-refractivity contribution in [3.05, 3.63) is 36.0 Å². The van der Waals surface area contributed by atoms with Crippen LogP contribution in [0.5, 0.6) is 0 Å². The van der Waals surface area contributed by atoms with Crippen molar-refractivity contribution in [2.45, 2.75) is 6.18 Å². The van der Waals surface area contributed by atoms with Crippen molar-refractivity contribution in [3.63, 3.8) is 0 Å². The zero-order valence-electron chi connectivity index (χ0n) is 13.1. The van der Waals surface area contributed by atoms with Crippen LogP contribution in [0.1, 0.15) is 5.56 Å². The maximum Gasteiger partial charge on any atom is 0.418 e. The molecule has 3 aromatic rings. The predicted octanol–water partition coefficient (Wildman–Crippen LogP) is 2.67. The van der Waals surface area contributed by atoms with Gasteiger partial charge in [-0.05, 0) is 24.3 Å². The Hall–Kier alpha value is -2.68. The van der Waals surface area contributed by atoms with E-state index < -0.39 is 11.7 Å². The number of alkyl halides is 3. The molecule has 0 amide bonds. The van der Waals surface area contributed by atoms with Crippen molar-refractivity contribution >= 4 is 16.9 Å². The van der Waals surface area contributed by atoms with E-state index in [0.29, 0.717) is 29.3 Å². The number of aromatic nitrogens is 4. The Morgan fingerprint density at radius 2 is 2.04 bits per heavy atom. The van der Waals surface area contributed by atoms with Crippen molar-refractivity contribution in [1.29, 1.82) is 0 Å². The molecule has 1 aliphatic rings. The first-order valence-electron chi connectivity index (χ1n) is 7.84. The summed E-state index contributed by atoms with van der Waals surface area (Å²) in [6.07, 6.45) is -2.98. The number of nitrogens with zero attached hydrogens (tertiary/aromatic N) is 3. The fourth-order valence-corrected chi connectivity index (χ4v) is 2.75. The van der Waals surface area contributed by atoms with Gasteiger partial charge >= 0.3 is 6.18 Å². The maximum absolute atomic E-state index is 13.4. The number of hydrogen-bond acceptors (Lipinski definition) is 5. The third-order valence-electron chi connectivity index (χ3n) is 4.20. The van der Waals surface area contributed by atoms with Crippen molar-refractivity contribution < 1.29 is 13.2 Å². The minimum atomic E-state index is -4.52. The molecule has 0 spiro atoms. The molecule has 1 saturated heterocycles. The molecule has 0 unspecified atom stereocenters. The van der Waals surface area contributed by atoms with Crippen LogP contribution in [0.15, 0.2) is 30.5 Å². The summed E-state index contributed by atoms with van der Waals surface area (Å²) < 4.78 is 40.3. The number of fused-ring (bicyclic) bond motifs is 1. The topological polar surface area (TPSA) is 78.5 Å². The van der Waals surface area contributed by atoms with Gasteiger partial charge in [0.2, 0.25) is 0 Å². The Bertz CT molecular complexity index is 900. The van der Waals surface area contributed by atoms with E-state index in [-0.39, 0.29) is 11.4 Å². The quantitative estimate of drug-likeness (QED) is 0.676. The number of aromatic amines is 1. The highest BCUT2D eigenvalue weighted by Gasteiger charge is 2.35. The Labute approximate surface area is 140 Å². The zero-order chi connectivity index (χ0) is 17.4. The van der Waals surface area contributed by atoms with E-state index in [1.807, 2.05) is 0 Å². The first-order valence-corrected chi connectivity index (χ1v) is 7.84. The van der Waals surface area contributed by atoms with Gasteiger partial charge in [0.15, 0.2) is 5.65 Å². The largest absolute Gasteiger partial charge is 0.418 e. The molecule has 1 aliphatic heterocycles. The number of pyridine rings is 2. The summed E-state index contributed by atoms with van der Waals surface area (Å²) in [4.78, 5) is 8.26. The molecule has 3 N–H and O–H groups in total. The van der Waals surface area contributed by atoms with Crippen LogP contribution in [0, 0.1) is 5.92 Å². The van der Waals surface area contributed by atoms with Gasteiger partial charge in [-0.3, -0.25) is 5.10 Å². The van der Waals surface area contributed by atoms with Crippen molar-refractivity contribution in [2.24, 2.45) is 5.92 Å². The second-order valence-corrected chi connectivity index (χ2v) is 5.97. The number of anilines is 1. The van der Waals surface area contributed by atoms with E-state index in [1.165, 1.54) is 12.3 Å². The average molecular weight is 348 g/mol. The Kier molecular flexibility index (Phi) is 3.79. The fourth-order valence-electron chi connectivity index (χ4n) is 2.75. The summed E-state index contributed by atoms with van der Waals surface area (Å²) in [5, 5.41) is 13.4. The van der Waals surface area contributed by atoms with Gasteiger partial charge in [0.25, 0.3) is 0 Å². The van der Waals surface area contributed by atoms with Crippen molar-refractivity contribution in [2.75, 3.05) is 25.0 Å². The van der Waals surface area contributed by atoms with Gasteiger partial charge in [-0.15, -0.1) is 0 Å². The van der Waals surface area contributed by atoms with Crippen LogP contribution in [-0.2, 0) is 6.18 Å². The molecule has 1 fully saturated rings. The van der Waals surface area contributed by atoms with Crippen LogP contribution < -0.4 is 10.6 Å². The second kappa shape index (κ2) is 5.99. The van der Waals surface area contributed by atoms with Crippen LogP contribution in [0.4, 0.5) is 19.0 Å². The third-order valence-corrected chi connectivity index (χ3v) is 4.20. The minimum Gasteiger partial charge on any atom is -0.370 e. The monoisotopic (exact) mass is 348 g/mol. The van der Waals surface area contributed by atoms with Crippen LogP contribution in [0.25, 0.3) is 22.4 Å². The first kappa shape index (κ1) is 15.8. The van der Waals surface area contributed by atoms with Gasteiger partial charge in [0, 0.05) is 37.1 Å². The SMILES string of the molecule is FC(F)(F)c1ccc(NCC2CNC2)nc1-c1[nH]nc2ncccc12. The Balaban J connectivity index is 1.76. The molecule has 0 aliphatic carbocycles. The molecule has 0 bridgehead atoms. The number of halogens is 3. The predicted molar refractivity (Wildman–Crippen MR) is 87.0 cm³/mol. The maximum atomic E-state index is 13.4.